The molecule has 0 radical (unpaired) electrons. The Morgan fingerprint density at radius 1 is 0.953 bits per heavy atom. The van der Waals surface area contributed by atoms with E-state index in [-0.39, 0.29) is 35.7 Å². The van der Waals surface area contributed by atoms with E-state index in [1.807, 2.05) is 45.0 Å². The van der Waals surface area contributed by atoms with Gasteiger partial charge in [0.2, 0.25) is 0 Å². The van der Waals surface area contributed by atoms with Crippen molar-refractivity contribution in [1.29, 1.82) is 0 Å². The summed E-state index contributed by atoms with van der Waals surface area (Å²) < 4.78 is 49.7. The maximum atomic E-state index is 15.4. The summed E-state index contributed by atoms with van der Waals surface area (Å²) >= 11 is 3.01. The second-order valence-electron chi connectivity index (χ2n) is 11.6. The highest BCUT2D eigenvalue weighted by molar-refractivity contribution is 9.12. The molecule has 0 aliphatic carbocycles. The SMILES string of the molecule is CC(C)(C)OC(=O)N1CCN(c2ccc(-c3cc(F)c4c(c3)C(=O)N(C(CC#CBr)c3cc(F)ccc3F)C4)cc2)CC1. The van der Waals surface area contributed by atoms with Gasteiger partial charge in [-0.1, -0.05) is 18.1 Å². The molecular formula is C33H31BrF3N3O3. The van der Waals surface area contributed by atoms with Crippen LogP contribution in [0.4, 0.5) is 23.7 Å². The largest absolute Gasteiger partial charge is 0.444 e. The van der Waals surface area contributed by atoms with E-state index in [4.69, 9.17) is 4.74 Å². The number of hydrogen-bond donors (Lipinski definition) is 0. The number of benzene rings is 3. The second kappa shape index (κ2) is 12.3. The first kappa shape index (κ1) is 30.5. The topological polar surface area (TPSA) is 53.1 Å². The number of piperazine rings is 1. The lowest BCUT2D eigenvalue weighted by Crippen LogP contribution is -2.50. The minimum absolute atomic E-state index is 0.0143. The van der Waals surface area contributed by atoms with Crippen molar-refractivity contribution in [1.82, 2.24) is 9.80 Å². The second-order valence-corrected chi connectivity index (χ2v) is 12.0. The smallest absolute Gasteiger partial charge is 0.410 e. The van der Waals surface area contributed by atoms with Crippen molar-refractivity contribution < 1.29 is 27.5 Å². The van der Waals surface area contributed by atoms with Gasteiger partial charge in [0.15, 0.2) is 0 Å². The Hall–Kier alpha value is -3.97. The lowest BCUT2D eigenvalue weighted by atomic mass is 9.99. The average molecular weight is 655 g/mol. The summed E-state index contributed by atoms with van der Waals surface area (Å²) in [5, 5.41) is 0. The number of anilines is 1. The van der Waals surface area contributed by atoms with E-state index in [1.165, 1.54) is 11.0 Å². The summed E-state index contributed by atoms with van der Waals surface area (Å²) in [6, 6.07) is 12.8. The van der Waals surface area contributed by atoms with Gasteiger partial charge in [-0.05, 0) is 79.2 Å². The first-order valence-electron chi connectivity index (χ1n) is 14.0. The van der Waals surface area contributed by atoms with Gasteiger partial charge in [-0.25, -0.2) is 18.0 Å². The molecule has 1 fully saturated rings. The van der Waals surface area contributed by atoms with Gasteiger partial charge < -0.3 is 19.4 Å². The van der Waals surface area contributed by atoms with Crippen LogP contribution in [0.25, 0.3) is 11.1 Å². The Morgan fingerprint density at radius 3 is 2.30 bits per heavy atom. The molecule has 224 valence electrons. The molecule has 0 N–H and O–H groups in total. The third-order valence-electron chi connectivity index (χ3n) is 7.57. The van der Waals surface area contributed by atoms with Crippen molar-refractivity contribution in [2.24, 2.45) is 0 Å². The zero-order valence-corrected chi connectivity index (χ0v) is 25.7. The van der Waals surface area contributed by atoms with Crippen molar-refractivity contribution in [2.45, 2.75) is 45.4 Å². The van der Waals surface area contributed by atoms with Gasteiger partial charge in [0.1, 0.15) is 23.1 Å². The van der Waals surface area contributed by atoms with Gasteiger partial charge in [0.25, 0.3) is 5.91 Å². The van der Waals surface area contributed by atoms with Gasteiger partial charge in [0.05, 0.1) is 12.6 Å². The number of ether oxygens (including phenoxy) is 1. The lowest BCUT2D eigenvalue weighted by molar-refractivity contribution is 0.0240. The van der Waals surface area contributed by atoms with E-state index < -0.39 is 35.0 Å². The Bertz CT molecular complexity index is 1600. The molecule has 10 heteroatoms. The zero-order valence-electron chi connectivity index (χ0n) is 24.1. The Morgan fingerprint density at radius 2 is 1.65 bits per heavy atom. The van der Waals surface area contributed by atoms with E-state index >= 15 is 4.39 Å². The Labute approximate surface area is 257 Å². The van der Waals surface area contributed by atoms with Crippen LogP contribution in [0.2, 0.25) is 0 Å². The molecule has 1 saturated heterocycles. The summed E-state index contributed by atoms with van der Waals surface area (Å²) in [4.78, 5) is 33.7. The molecular weight excluding hydrogens is 623 g/mol. The molecule has 2 heterocycles. The van der Waals surface area contributed by atoms with Crippen LogP contribution >= 0.6 is 15.9 Å². The highest BCUT2D eigenvalue weighted by atomic mass is 79.9. The fourth-order valence-electron chi connectivity index (χ4n) is 5.44. The molecule has 3 aromatic carbocycles. The Balaban J connectivity index is 1.33. The number of carbonyl (C=O) groups excluding carboxylic acids is 2. The minimum atomic E-state index is -0.904. The van der Waals surface area contributed by atoms with Gasteiger partial charge in [0, 0.05) is 70.9 Å². The summed E-state index contributed by atoms with van der Waals surface area (Å²) in [5.74, 6) is 0.454. The fourth-order valence-corrected chi connectivity index (χ4v) is 5.60. The third-order valence-corrected chi connectivity index (χ3v) is 7.85. The van der Waals surface area contributed by atoms with Gasteiger partial charge in [-0.3, -0.25) is 4.79 Å². The normalized spacial score (nSPS) is 15.6. The number of hydrogen-bond acceptors (Lipinski definition) is 4. The quantitative estimate of drug-likeness (QED) is 0.272. The van der Waals surface area contributed by atoms with E-state index in [2.05, 4.69) is 31.6 Å². The van der Waals surface area contributed by atoms with Crippen molar-refractivity contribution in [3.63, 3.8) is 0 Å². The van der Waals surface area contributed by atoms with E-state index in [0.717, 1.165) is 29.4 Å². The van der Waals surface area contributed by atoms with Crippen LogP contribution in [-0.2, 0) is 11.3 Å². The van der Waals surface area contributed by atoms with Crippen molar-refractivity contribution in [3.8, 4) is 21.9 Å². The number of rotatable bonds is 5. The van der Waals surface area contributed by atoms with Crippen LogP contribution < -0.4 is 4.90 Å². The number of nitrogens with zero attached hydrogens (tertiary/aromatic N) is 3. The molecule has 1 unspecified atom stereocenters. The van der Waals surface area contributed by atoms with E-state index in [1.54, 1.807) is 11.0 Å². The van der Waals surface area contributed by atoms with Crippen molar-refractivity contribution >= 4 is 33.6 Å². The highest BCUT2D eigenvalue weighted by Gasteiger charge is 2.36. The number of amides is 2. The number of carbonyl (C=O) groups is 2. The summed E-state index contributed by atoms with van der Waals surface area (Å²) in [5.41, 5.74) is 2.05. The first-order chi connectivity index (χ1) is 20.4. The number of halogens is 4. The predicted octanol–water partition coefficient (Wildman–Crippen LogP) is 7.27. The molecule has 0 aromatic heterocycles. The molecule has 0 saturated carbocycles. The molecule has 2 aliphatic rings. The lowest BCUT2D eigenvalue weighted by Gasteiger charge is -2.36. The van der Waals surface area contributed by atoms with Crippen LogP contribution in [-0.4, -0.2) is 53.6 Å². The first-order valence-corrected chi connectivity index (χ1v) is 14.7. The molecule has 2 aliphatic heterocycles. The standard InChI is InChI=1S/C33H31BrF3N3O3/c1-33(2,3)43-32(42)39-15-13-38(14-16-39)24-9-6-21(7-10-24)22-17-25-27(29(37)18-22)20-40(31(25)41)30(5-4-12-34)26-19-23(35)8-11-28(26)36/h6-11,17-19,30H,5,13-16,20H2,1-3H3. The maximum Gasteiger partial charge on any atom is 0.410 e. The molecule has 5 rings (SSSR count). The maximum absolute atomic E-state index is 15.4. The molecule has 3 aromatic rings. The summed E-state index contributed by atoms with van der Waals surface area (Å²) in [6.45, 7) is 7.79. The van der Waals surface area contributed by atoms with Crippen LogP contribution in [0.1, 0.15) is 54.7 Å². The predicted molar refractivity (Wildman–Crippen MR) is 162 cm³/mol. The molecule has 0 spiro atoms. The van der Waals surface area contributed by atoms with Crippen LogP contribution in [0, 0.1) is 28.2 Å². The zero-order chi connectivity index (χ0) is 30.9. The average Bonchev–Trinajstić information content (AvgIpc) is 3.30. The molecule has 2 amide bonds. The molecule has 6 nitrogen and oxygen atoms in total. The van der Waals surface area contributed by atoms with Gasteiger partial charge >= 0.3 is 6.09 Å². The van der Waals surface area contributed by atoms with Crippen molar-refractivity contribution in [3.05, 3.63) is 88.7 Å². The number of fused-ring (bicyclic) bond motifs is 1. The Kier molecular flexibility index (Phi) is 8.74. The van der Waals surface area contributed by atoms with Crippen LogP contribution in [0.5, 0.6) is 0 Å². The van der Waals surface area contributed by atoms with Crippen molar-refractivity contribution in [2.75, 3.05) is 31.1 Å². The van der Waals surface area contributed by atoms with E-state index in [9.17, 15) is 18.4 Å². The molecule has 1 atom stereocenters. The fraction of sp³-hybridized carbons (Fsp3) is 0.333. The highest BCUT2D eigenvalue weighted by Crippen LogP contribution is 2.38. The van der Waals surface area contributed by atoms with Crippen LogP contribution in [0.15, 0.2) is 54.6 Å². The van der Waals surface area contributed by atoms with Gasteiger partial charge in [-0.15, -0.1) is 0 Å². The minimum Gasteiger partial charge on any atom is -0.444 e. The molecule has 43 heavy (non-hydrogen) atoms. The summed E-state index contributed by atoms with van der Waals surface area (Å²) in [6.07, 6.45) is -0.287. The third kappa shape index (κ3) is 6.67. The van der Waals surface area contributed by atoms with E-state index in [0.29, 0.717) is 31.7 Å². The van der Waals surface area contributed by atoms with Crippen LogP contribution in [0.3, 0.4) is 0 Å². The summed E-state index contributed by atoms with van der Waals surface area (Å²) in [7, 11) is 0. The molecule has 0 bridgehead atoms. The monoisotopic (exact) mass is 653 g/mol. The van der Waals surface area contributed by atoms with Gasteiger partial charge in [-0.2, -0.15) is 0 Å².